The van der Waals surface area contributed by atoms with E-state index in [1.165, 1.54) is 0 Å². The largest absolute Gasteiger partial charge is 0.369 e. The van der Waals surface area contributed by atoms with Crippen LogP contribution in [0.5, 0.6) is 0 Å². The summed E-state index contributed by atoms with van der Waals surface area (Å²) in [7, 11) is 0. The standard InChI is InChI=1S/C9H8N6O/c10-8-13-5-1-3-4(2-6(5)14-8)12-9(11)15-7(3)16/h1-2H,(H3,10,13,14)(H3,11,12,15,16). The Hall–Kier alpha value is -2.57. The van der Waals surface area contributed by atoms with Crippen LogP contribution in [0.15, 0.2) is 16.9 Å². The van der Waals surface area contributed by atoms with Gasteiger partial charge in [0.25, 0.3) is 5.56 Å². The molecule has 7 heteroatoms. The van der Waals surface area contributed by atoms with E-state index in [0.29, 0.717) is 27.9 Å². The minimum Gasteiger partial charge on any atom is -0.369 e. The molecule has 0 saturated carbocycles. The van der Waals surface area contributed by atoms with E-state index in [4.69, 9.17) is 11.5 Å². The number of aromatic nitrogens is 4. The van der Waals surface area contributed by atoms with E-state index in [1.807, 2.05) is 0 Å². The number of nitrogens with one attached hydrogen (secondary N) is 2. The lowest BCUT2D eigenvalue weighted by molar-refractivity contribution is 1.19. The monoisotopic (exact) mass is 216 g/mol. The van der Waals surface area contributed by atoms with Gasteiger partial charge in [-0.05, 0) is 12.1 Å². The minimum atomic E-state index is -0.280. The molecule has 2 aromatic heterocycles. The van der Waals surface area contributed by atoms with Crippen molar-refractivity contribution in [2.24, 2.45) is 0 Å². The van der Waals surface area contributed by atoms with Crippen molar-refractivity contribution in [2.45, 2.75) is 0 Å². The van der Waals surface area contributed by atoms with Crippen LogP contribution in [0.1, 0.15) is 0 Å². The first-order valence-electron chi connectivity index (χ1n) is 4.58. The van der Waals surface area contributed by atoms with Gasteiger partial charge in [-0.25, -0.2) is 9.97 Å². The Morgan fingerprint density at radius 1 is 1.00 bits per heavy atom. The van der Waals surface area contributed by atoms with Crippen LogP contribution in [0.2, 0.25) is 0 Å². The Kier molecular flexibility index (Phi) is 1.48. The third-order valence-electron chi connectivity index (χ3n) is 2.34. The number of imidazole rings is 1. The number of anilines is 2. The van der Waals surface area contributed by atoms with Crippen molar-refractivity contribution in [3.63, 3.8) is 0 Å². The average molecular weight is 216 g/mol. The van der Waals surface area contributed by atoms with E-state index in [9.17, 15) is 4.79 Å². The highest BCUT2D eigenvalue weighted by Crippen LogP contribution is 2.18. The lowest BCUT2D eigenvalue weighted by Gasteiger charge is -1.97. The summed E-state index contributed by atoms with van der Waals surface area (Å²) in [6.07, 6.45) is 0. The lowest BCUT2D eigenvalue weighted by atomic mass is 10.2. The van der Waals surface area contributed by atoms with Crippen LogP contribution in [0, 0.1) is 0 Å². The smallest absolute Gasteiger partial charge is 0.260 e. The number of nitrogens with zero attached hydrogens (tertiary/aromatic N) is 2. The Labute approximate surface area is 88.5 Å². The predicted octanol–water partition coefficient (Wildman–Crippen LogP) is -0.0362. The molecule has 7 nitrogen and oxygen atoms in total. The molecule has 16 heavy (non-hydrogen) atoms. The Morgan fingerprint density at radius 2 is 1.69 bits per heavy atom. The molecule has 0 radical (unpaired) electrons. The molecule has 0 aliphatic heterocycles. The van der Waals surface area contributed by atoms with Gasteiger partial charge in [-0.15, -0.1) is 0 Å². The van der Waals surface area contributed by atoms with Crippen molar-refractivity contribution in [1.82, 2.24) is 19.9 Å². The van der Waals surface area contributed by atoms with Gasteiger partial charge in [0.2, 0.25) is 5.95 Å². The zero-order chi connectivity index (χ0) is 11.3. The van der Waals surface area contributed by atoms with Crippen LogP contribution < -0.4 is 17.0 Å². The number of hydrogen-bond donors (Lipinski definition) is 4. The van der Waals surface area contributed by atoms with Gasteiger partial charge in [0.15, 0.2) is 5.95 Å². The Balaban J connectivity index is 2.55. The molecule has 0 bridgehead atoms. The van der Waals surface area contributed by atoms with Crippen molar-refractivity contribution in [2.75, 3.05) is 11.5 Å². The lowest BCUT2D eigenvalue weighted by Crippen LogP contribution is -2.10. The summed E-state index contributed by atoms with van der Waals surface area (Å²) in [5.41, 5.74) is 12.5. The van der Waals surface area contributed by atoms with Crippen LogP contribution in [0.3, 0.4) is 0 Å². The second kappa shape index (κ2) is 2.72. The van der Waals surface area contributed by atoms with Crippen LogP contribution in [0.25, 0.3) is 21.9 Å². The normalized spacial score (nSPS) is 11.2. The number of hydrogen-bond acceptors (Lipinski definition) is 5. The second-order valence-corrected chi connectivity index (χ2v) is 3.46. The third-order valence-corrected chi connectivity index (χ3v) is 2.34. The first-order chi connectivity index (χ1) is 7.63. The van der Waals surface area contributed by atoms with Crippen molar-refractivity contribution in [3.05, 3.63) is 22.5 Å². The molecular formula is C9H8N6O. The van der Waals surface area contributed by atoms with Gasteiger partial charge in [0.1, 0.15) is 0 Å². The molecule has 0 aliphatic carbocycles. The van der Waals surface area contributed by atoms with Crippen LogP contribution in [-0.4, -0.2) is 19.9 Å². The third kappa shape index (κ3) is 1.11. The van der Waals surface area contributed by atoms with Gasteiger partial charge in [0.05, 0.1) is 21.9 Å². The molecule has 0 aliphatic rings. The molecule has 0 spiro atoms. The summed E-state index contributed by atoms with van der Waals surface area (Å²) in [5, 5.41) is 0.449. The number of aromatic amines is 2. The van der Waals surface area contributed by atoms with Crippen LogP contribution in [-0.2, 0) is 0 Å². The maximum absolute atomic E-state index is 11.6. The van der Waals surface area contributed by atoms with Crippen molar-refractivity contribution in [3.8, 4) is 0 Å². The fraction of sp³-hybridized carbons (Fsp3) is 0. The van der Waals surface area contributed by atoms with E-state index in [-0.39, 0.29) is 11.5 Å². The molecule has 0 amide bonds. The summed E-state index contributed by atoms with van der Waals surface area (Å²) in [4.78, 5) is 25.0. The fourth-order valence-corrected chi connectivity index (χ4v) is 1.68. The molecule has 2 heterocycles. The van der Waals surface area contributed by atoms with E-state index in [1.54, 1.807) is 12.1 Å². The Morgan fingerprint density at radius 3 is 2.50 bits per heavy atom. The van der Waals surface area contributed by atoms with E-state index >= 15 is 0 Å². The number of fused-ring (bicyclic) bond motifs is 2. The van der Waals surface area contributed by atoms with E-state index in [2.05, 4.69) is 19.9 Å². The van der Waals surface area contributed by atoms with Crippen LogP contribution in [0.4, 0.5) is 11.9 Å². The molecule has 0 atom stereocenters. The van der Waals surface area contributed by atoms with Gasteiger partial charge in [-0.3, -0.25) is 9.78 Å². The summed E-state index contributed by atoms with van der Waals surface area (Å²) in [6, 6.07) is 3.32. The number of nitrogens with two attached hydrogens (primary N) is 2. The SMILES string of the molecule is Nc1nc2cc3nc(N)[nH]c3cc2c(=O)[nH]1. The topological polar surface area (TPSA) is 126 Å². The zero-order valence-electron chi connectivity index (χ0n) is 8.11. The number of H-pyrrole nitrogens is 2. The quantitative estimate of drug-likeness (QED) is 0.419. The molecule has 0 saturated heterocycles. The summed E-state index contributed by atoms with van der Waals surface area (Å²) in [6.45, 7) is 0. The average Bonchev–Trinajstić information content (AvgIpc) is 2.54. The van der Waals surface area contributed by atoms with E-state index < -0.39 is 0 Å². The first kappa shape index (κ1) is 8.72. The highest BCUT2D eigenvalue weighted by molar-refractivity contribution is 5.93. The van der Waals surface area contributed by atoms with Crippen LogP contribution >= 0.6 is 0 Å². The first-order valence-corrected chi connectivity index (χ1v) is 4.58. The van der Waals surface area contributed by atoms with E-state index in [0.717, 1.165) is 0 Å². The highest BCUT2D eigenvalue weighted by atomic mass is 16.1. The molecule has 0 unspecified atom stereocenters. The van der Waals surface area contributed by atoms with Gasteiger partial charge in [-0.2, -0.15) is 0 Å². The molecule has 1 aromatic carbocycles. The van der Waals surface area contributed by atoms with Gasteiger partial charge < -0.3 is 16.5 Å². The fourth-order valence-electron chi connectivity index (χ4n) is 1.68. The number of nitrogen functional groups attached to an aromatic ring is 2. The van der Waals surface area contributed by atoms with Crippen molar-refractivity contribution >= 4 is 33.8 Å². The number of rotatable bonds is 0. The van der Waals surface area contributed by atoms with Crippen molar-refractivity contribution in [1.29, 1.82) is 0 Å². The molecule has 3 aromatic rings. The Bertz CT molecular complexity index is 756. The predicted molar refractivity (Wildman–Crippen MR) is 60.8 cm³/mol. The molecule has 6 N–H and O–H groups in total. The summed E-state index contributed by atoms with van der Waals surface area (Å²) < 4.78 is 0. The zero-order valence-corrected chi connectivity index (χ0v) is 8.11. The van der Waals surface area contributed by atoms with Crippen molar-refractivity contribution < 1.29 is 0 Å². The van der Waals surface area contributed by atoms with Gasteiger partial charge in [-0.1, -0.05) is 0 Å². The molecule has 80 valence electrons. The number of benzene rings is 1. The molecule has 0 fully saturated rings. The minimum absolute atomic E-state index is 0.0837. The van der Waals surface area contributed by atoms with Gasteiger partial charge >= 0.3 is 0 Å². The maximum Gasteiger partial charge on any atom is 0.260 e. The highest BCUT2D eigenvalue weighted by Gasteiger charge is 2.06. The summed E-state index contributed by atoms with van der Waals surface area (Å²) in [5.74, 6) is 0.384. The summed E-state index contributed by atoms with van der Waals surface area (Å²) >= 11 is 0. The molecular weight excluding hydrogens is 208 g/mol. The second-order valence-electron chi connectivity index (χ2n) is 3.46. The van der Waals surface area contributed by atoms with Gasteiger partial charge in [0, 0.05) is 0 Å². The molecule has 3 rings (SSSR count). The maximum atomic E-state index is 11.6.